The molecule has 0 radical (unpaired) electrons. The lowest BCUT2D eigenvalue weighted by Gasteiger charge is -2.10. The molecule has 0 aliphatic carbocycles. The third kappa shape index (κ3) is 2.25. The van der Waals surface area contributed by atoms with Crippen molar-refractivity contribution in [2.24, 2.45) is 0 Å². The van der Waals surface area contributed by atoms with Gasteiger partial charge in [0.15, 0.2) is 0 Å². The Bertz CT molecular complexity index is 320. The van der Waals surface area contributed by atoms with Crippen molar-refractivity contribution in [3.05, 3.63) is 29.8 Å². The van der Waals surface area contributed by atoms with Crippen molar-refractivity contribution in [3.63, 3.8) is 0 Å². The van der Waals surface area contributed by atoms with Gasteiger partial charge in [-0.25, -0.2) is 0 Å². The third-order valence-electron chi connectivity index (χ3n) is 2.20. The summed E-state index contributed by atoms with van der Waals surface area (Å²) in [5.41, 5.74) is 0.791. The first-order valence-electron chi connectivity index (χ1n) is 4.55. The average molecular weight is 194 g/mol. The number of rotatable bonds is 4. The molecule has 0 saturated carbocycles. The summed E-state index contributed by atoms with van der Waals surface area (Å²) in [6.07, 6.45) is 0.586. The predicted molar refractivity (Wildman–Crippen MR) is 53.7 cm³/mol. The fourth-order valence-corrected chi connectivity index (χ4v) is 1.41. The summed E-state index contributed by atoms with van der Waals surface area (Å²) in [5.74, 6) is -0.534. The maximum absolute atomic E-state index is 10.9. The second-order valence-corrected chi connectivity index (χ2v) is 3.08. The van der Waals surface area contributed by atoms with Gasteiger partial charge in [-0.15, -0.1) is 0 Å². The highest BCUT2D eigenvalue weighted by atomic mass is 16.5. The van der Waals surface area contributed by atoms with E-state index in [9.17, 15) is 4.79 Å². The lowest BCUT2D eigenvalue weighted by atomic mass is 9.97. The van der Waals surface area contributed by atoms with E-state index in [1.54, 1.807) is 25.3 Å². The van der Waals surface area contributed by atoms with E-state index in [2.05, 4.69) is 0 Å². The van der Waals surface area contributed by atoms with E-state index >= 15 is 0 Å². The monoisotopic (exact) mass is 194 g/mol. The molecule has 0 bridgehead atoms. The van der Waals surface area contributed by atoms with Crippen LogP contribution in [0.3, 0.4) is 0 Å². The number of ether oxygens (including phenoxy) is 1. The SMILES string of the molecule is CC[C@H](C(=O)O)c1cccc(OC)c1. The van der Waals surface area contributed by atoms with Crippen molar-refractivity contribution in [3.8, 4) is 5.75 Å². The van der Waals surface area contributed by atoms with Crippen molar-refractivity contribution in [2.45, 2.75) is 19.3 Å². The highest BCUT2D eigenvalue weighted by Crippen LogP contribution is 2.23. The van der Waals surface area contributed by atoms with Crippen LogP contribution < -0.4 is 4.74 Å². The first kappa shape index (κ1) is 10.6. The number of carboxylic acid groups (broad SMARTS) is 1. The Hall–Kier alpha value is -1.51. The molecule has 0 heterocycles. The minimum absolute atomic E-state index is 0.440. The second kappa shape index (κ2) is 4.65. The fourth-order valence-electron chi connectivity index (χ4n) is 1.41. The molecule has 1 aromatic carbocycles. The van der Waals surface area contributed by atoms with Crippen LogP contribution in [0.1, 0.15) is 24.8 Å². The molecule has 14 heavy (non-hydrogen) atoms. The molecule has 3 heteroatoms. The highest BCUT2D eigenvalue weighted by Gasteiger charge is 2.17. The largest absolute Gasteiger partial charge is 0.497 e. The number of carbonyl (C=O) groups is 1. The molecule has 0 aromatic heterocycles. The number of hydrogen-bond donors (Lipinski definition) is 1. The van der Waals surface area contributed by atoms with Crippen LogP contribution in [-0.4, -0.2) is 18.2 Å². The molecule has 0 fully saturated rings. The van der Waals surface area contributed by atoms with Crippen LogP contribution in [0.2, 0.25) is 0 Å². The molecular weight excluding hydrogens is 180 g/mol. The summed E-state index contributed by atoms with van der Waals surface area (Å²) in [6, 6.07) is 7.19. The Morgan fingerprint density at radius 1 is 1.57 bits per heavy atom. The van der Waals surface area contributed by atoms with E-state index in [1.807, 2.05) is 13.0 Å². The van der Waals surface area contributed by atoms with Crippen LogP contribution in [0.15, 0.2) is 24.3 Å². The smallest absolute Gasteiger partial charge is 0.310 e. The molecule has 3 nitrogen and oxygen atoms in total. The maximum atomic E-state index is 10.9. The maximum Gasteiger partial charge on any atom is 0.310 e. The number of hydrogen-bond acceptors (Lipinski definition) is 2. The number of carboxylic acids is 1. The number of aliphatic carboxylic acids is 1. The standard InChI is InChI=1S/C11H14O3/c1-3-10(11(12)13)8-5-4-6-9(7-8)14-2/h4-7,10H,3H2,1-2H3,(H,12,13)/t10-/m0/s1. The van der Waals surface area contributed by atoms with Crippen LogP contribution in [0.4, 0.5) is 0 Å². The Balaban J connectivity index is 2.98. The van der Waals surface area contributed by atoms with Gasteiger partial charge in [-0.3, -0.25) is 4.79 Å². The number of methoxy groups -OCH3 is 1. The summed E-state index contributed by atoms with van der Waals surface area (Å²) in [5, 5.41) is 8.95. The molecule has 1 aromatic rings. The van der Waals surface area contributed by atoms with Gasteiger partial charge in [0.05, 0.1) is 13.0 Å². The third-order valence-corrected chi connectivity index (χ3v) is 2.20. The lowest BCUT2D eigenvalue weighted by Crippen LogP contribution is -2.10. The van der Waals surface area contributed by atoms with Gasteiger partial charge < -0.3 is 9.84 Å². The molecule has 1 N–H and O–H groups in total. The van der Waals surface area contributed by atoms with E-state index in [0.29, 0.717) is 12.2 Å². The number of benzene rings is 1. The highest BCUT2D eigenvalue weighted by molar-refractivity contribution is 5.76. The van der Waals surface area contributed by atoms with Gasteiger partial charge in [0.2, 0.25) is 0 Å². The van der Waals surface area contributed by atoms with Crippen LogP contribution >= 0.6 is 0 Å². The minimum Gasteiger partial charge on any atom is -0.497 e. The van der Waals surface area contributed by atoms with Crippen LogP contribution in [0, 0.1) is 0 Å². The van der Waals surface area contributed by atoms with Gasteiger partial charge in [-0.05, 0) is 24.1 Å². The summed E-state index contributed by atoms with van der Waals surface area (Å²) in [7, 11) is 1.57. The molecule has 1 atom stereocenters. The van der Waals surface area contributed by atoms with Gasteiger partial charge in [0.1, 0.15) is 5.75 Å². The predicted octanol–water partition coefficient (Wildman–Crippen LogP) is 2.27. The molecule has 0 amide bonds. The molecule has 0 aliphatic heterocycles. The Labute approximate surface area is 83.3 Å². The summed E-state index contributed by atoms with van der Waals surface area (Å²) in [4.78, 5) is 10.9. The van der Waals surface area contributed by atoms with E-state index in [-0.39, 0.29) is 0 Å². The quantitative estimate of drug-likeness (QED) is 0.799. The van der Waals surface area contributed by atoms with Crippen LogP contribution in [0.25, 0.3) is 0 Å². The molecule has 76 valence electrons. The topological polar surface area (TPSA) is 46.5 Å². The Morgan fingerprint density at radius 2 is 2.29 bits per heavy atom. The zero-order chi connectivity index (χ0) is 10.6. The second-order valence-electron chi connectivity index (χ2n) is 3.08. The zero-order valence-corrected chi connectivity index (χ0v) is 8.36. The zero-order valence-electron chi connectivity index (χ0n) is 8.36. The van der Waals surface area contributed by atoms with E-state index in [0.717, 1.165) is 5.56 Å². The van der Waals surface area contributed by atoms with Gasteiger partial charge >= 0.3 is 5.97 Å². The fraction of sp³-hybridized carbons (Fsp3) is 0.364. The van der Waals surface area contributed by atoms with Gasteiger partial charge in [0.25, 0.3) is 0 Å². The molecule has 1 rings (SSSR count). The minimum atomic E-state index is -0.791. The van der Waals surface area contributed by atoms with Gasteiger partial charge in [0, 0.05) is 0 Å². The normalized spacial score (nSPS) is 12.1. The first-order valence-corrected chi connectivity index (χ1v) is 4.55. The lowest BCUT2D eigenvalue weighted by molar-refractivity contribution is -0.138. The summed E-state index contributed by atoms with van der Waals surface area (Å²) in [6.45, 7) is 1.86. The van der Waals surface area contributed by atoms with Crippen LogP contribution in [0.5, 0.6) is 5.75 Å². The van der Waals surface area contributed by atoms with Gasteiger partial charge in [-0.1, -0.05) is 19.1 Å². The average Bonchev–Trinajstić information content (AvgIpc) is 2.19. The summed E-state index contributed by atoms with van der Waals surface area (Å²) >= 11 is 0. The van der Waals surface area contributed by atoms with Gasteiger partial charge in [-0.2, -0.15) is 0 Å². The van der Waals surface area contributed by atoms with Crippen molar-refractivity contribution in [2.75, 3.05) is 7.11 Å². The molecule has 0 aliphatic rings. The molecule has 0 spiro atoms. The van der Waals surface area contributed by atoms with Crippen molar-refractivity contribution < 1.29 is 14.6 Å². The van der Waals surface area contributed by atoms with E-state index in [4.69, 9.17) is 9.84 Å². The molecule has 0 unspecified atom stereocenters. The Kier molecular flexibility index (Phi) is 3.51. The van der Waals surface area contributed by atoms with Crippen molar-refractivity contribution in [1.82, 2.24) is 0 Å². The Morgan fingerprint density at radius 3 is 2.79 bits per heavy atom. The van der Waals surface area contributed by atoms with E-state index in [1.165, 1.54) is 0 Å². The van der Waals surface area contributed by atoms with Crippen molar-refractivity contribution in [1.29, 1.82) is 0 Å². The summed E-state index contributed by atoms with van der Waals surface area (Å²) < 4.78 is 5.04. The van der Waals surface area contributed by atoms with Crippen molar-refractivity contribution >= 4 is 5.97 Å². The molecular formula is C11H14O3. The first-order chi connectivity index (χ1) is 6.69. The van der Waals surface area contributed by atoms with E-state index < -0.39 is 11.9 Å². The van der Waals surface area contributed by atoms with Crippen LogP contribution in [-0.2, 0) is 4.79 Å². The molecule has 0 saturated heterocycles.